The average Bonchev–Trinajstić information content (AvgIpc) is 3.05. The van der Waals surface area contributed by atoms with Crippen LogP contribution in [-0.2, 0) is 9.63 Å². The first-order valence-electron chi connectivity index (χ1n) is 6.86. The number of hydrogen-bond acceptors (Lipinski definition) is 5. The normalized spacial score (nSPS) is 10.5. The summed E-state index contributed by atoms with van der Waals surface area (Å²) in [5.41, 5.74) is 1.15. The summed E-state index contributed by atoms with van der Waals surface area (Å²) < 4.78 is 0. The molecule has 23 heavy (non-hydrogen) atoms. The van der Waals surface area contributed by atoms with Crippen molar-refractivity contribution in [1.82, 2.24) is 4.90 Å². The summed E-state index contributed by atoms with van der Waals surface area (Å²) in [5.74, 6) is -0.408. The van der Waals surface area contributed by atoms with Crippen molar-refractivity contribution in [2.24, 2.45) is 5.16 Å². The number of nitrogens with zero attached hydrogens (tertiary/aromatic N) is 2. The van der Waals surface area contributed by atoms with Gasteiger partial charge in [0.05, 0.1) is 6.21 Å². The first kappa shape index (κ1) is 16.7. The standard InChI is InChI=1S/C16H17N3O3S/c1-19(2)16(21)12-5-7-13(8-6-12)18-15(20)11-22-17-10-14-4-3-9-23-14/h3-10H,11H2,1-2H3,(H,18,20)/b17-10+. The lowest BCUT2D eigenvalue weighted by atomic mass is 10.2. The second-order valence-corrected chi connectivity index (χ2v) is 5.83. The van der Waals surface area contributed by atoms with Crippen LogP contribution in [0.5, 0.6) is 0 Å². The van der Waals surface area contributed by atoms with Crippen molar-refractivity contribution in [3.05, 3.63) is 52.2 Å². The summed E-state index contributed by atoms with van der Waals surface area (Å²) in [5, 5.41) is 8.33. The van der Waals surface area contributed by atoms with Crippen molar-refractivity contribution in [3.8, 4) is 0 Å². The van der Waals surface area contributed by atoms with E-state index in [9.17, 15) is 9.59 Å². The Morgan fingerprint density at radius 3 is 2.61 bits per heavy atom. The van der Waals surface area contributed by atoms with E-state index in [1.807, 2.05) is 17.5 Å². The highest BCUT2D eigenvalue weighted by molar-refractivity contribution is 7.11. The maximum atomic E-state index is 11.8. The van der Waals surface area contributed by atoms with Crippen LogP contribution < -0.4 is 5.32 Å². The second kappa shape index (κ2) is 8.09. The van der Waals surface area contributed by atoms with Crippen molar-refractivity contribution >= 4 is 35.1 Å². The molecule has 7 heteroatoms. The van der Waals surface area contributed by atoms with E-state index >= 15 is 0 Å². The summed E-state index contributed by atoms with van der Waals surface area (Å²) in [4.78, 5) is 30.9. The molecule has 0 bridgehead atoms. The van der Waals surface area contributed by atoms with Gasteiger partial charge in [-0.3, -0.25) is 9.59 Å². The number of amides is 2. The molecule has 0 saturated heterocycles. The molecule has 2 rings (SSSR count). The fourth-order valence-electron chi connectivity index (χ4n) is 1.70. The molecule has 0 unspecified atom stereocenters. The van der Waals surface area contributed by atoms with Crippen molar-refractivity contribution in [1.29, 1.82) is 0 Å². The lowest BCUT2D eigenvalue weighted by Gasteiger charge is -2.10. The molecular weight excluding hydrogens is 314 g/mol. The molecule has 1 N–H and O–H groups in total. The molecule has 1 heterocycles. The number of benzene rings is 1. The van der Waals surface area contributed by atoms with Gasteiger partial charge in [0.1, 0.15) is 0 Å². The van der Waals surface area contributed by atoms with Crippen LogP contribution in [0.25, 0.3) is 0 Å². The van der Waals surface area contributed by atoms with Gasteiger partial charge in [-0.05, 0) is 35.7 Å². The zero-order valence-electron chi connectivity index (χ0n) is 12.9. The Balaban J connectivity index is 1.80. The van der Waals surface area contributed by atoms with Gasteiger partial charge in [-0.15, -0.1) is 11.3 Å². The Morgan fingerprint density at radius 1 is 1.26 bits per heavy atom. The van der Waals surface area contributed by atoms with Crippen LogP contribution in [0.1, 0.15) is 15.2 Å². The SMILES string of the molecule is CN(C)C(=O)c1ccc(NC(=O)CO/N=C/c2cccs2)cc1. The highest BCUT2D eigenvalue weighted by Crippen LogP contribution is 2.11. The van der Waals surface area contributed by atoms with Gasteiger partial charge in [-0.2, -0.15) is 0 Å². The summed E-state index contributed by atoms with van der Waals surface area (Å²) >= 11 is 1.53. The summed E-state index contributed by atoms with van der Waals surface area (Å²) in [6.07, 6.45) is 1.56. The monoisotopic (exact) mass is 331 g/mol. The Hall–Kier alpha value is -2.67. The molecular formula is C16H17N3O3S. The largest absolute Gasteiger partial charge is 0.386 e. The molecule has 0 radical (unpaired) electrons. The fraction of sp³-hybridized carbons (Fsp3) is 0.188. The lowest BCUT2D eigenvalue weighted by Crippen LogP contribution is -2.21. The van der Waals surface area contributed by atoms with E-state index in [0.29, 0.717) is 11.3 Å². The van der Waals surface area contributed by atoms with E-state index in [4.69, 9.17) is 4.84 Å². The Kier molecular flexibility index (Phi) is 5.87. The number of carbonyl (C=O) groups is 2. The van der Waals surface area contributed by atoms with Crippen molar-refractivity contribution in [3.63, 3.8) is 0 Å². The molecule has 6 nitrogen and oxygen atoms in total. The van der Waals surface area contributed by atoms with E-state index in [1.165, 1.54) is 16.2 Å². The molecule has 120 valence electrons. The zero-order valence-corrected chi connectivity index (χ0v) is 13.7. The predicted molar refractivity (Wildman–Crippen MR) is 91.0 cm³/mol. The highest BCUT2D eigenvalue weighted by atomic mass is 32.1. The topological polar surface area (TPSA) is 71.0 Å². The molecule has 0 atom stereocenters. The number of oxime groups is 1. The molecule has 2 amide bonds. The van der Waals surface area contributed by atoms with Gasteiger partial charge in [-0.1, -0.05) is 11.2 Å². The predicted octanol–water partition coefficient (Wildman–Crippen LogP) is 2.44. The van der Waals surface area contributed by atoms with Gasteiger partial charge in [0.25, 0.3) is 11.8 Å². The van der Waals surface area contributed by atoms with Gasteiger partial charge in [0.15, 0.2) is 6.61 Å². The van der Waals surface area contributed by atoms with E-state index in [1.54, 1.807) is 44.6 Å². The summed E-state index contributed by atoms with van der Waals surface area (Å²) in [6, 6.07) is 10.5. The molecule has 0 aliphatic rings. The van der Waals surface area contributed by atoms with Crippen LogP contribution in [-0.4, -0.2) is 43.6 Å². The molecule has 2 aromatic rings. The van der Waals surface area contributed by atoms with Crippen LogP contribution in [0.3, 0.4) is 0 Å². The van der Waals surface area contributed by atoms with Crippen LogP contribution >= 0.6 is 11.3 Å². The number of carbonyl (C=O) groups excluding carboxylic acids is 2. The van der Waals surface area contributed by atoms with Gasteiger partial charge < -0.3 is 15.1 Å². The van der Waals surface area contributed by atoms with Crippen molar-refractivity contribution in [2.45, 2.75) is 0 Å². The highest BCUT2D eigenvalue weighted by Gasteiger charge is 2.08. The number of rotatable bonds is 6. The number of nitrogens with one attached hydrogen (secondary N) is 1. The van der Waals surface area contributed by atoms with Gasteiger partial charge in [0, 0.05) is 30.2 Å². The van der Waals surface area contributed by atoms with Crippen LogP contribution in [0, 0.1) is 0 Å². The van der Waals surface area contributed by atoms with Crippen LogP contribution in [0.15, 0.2) is 46.9 Å². The lowest BCUT2D eigenvalue weighted by molar-refractivity contribution is -0.120. The quantitative estimate of drug-likeness (QED) is 0.653. The van der Waals surface area contributed by atoms with Crippen molar-refractivity contribution < 1.29 is 14.4 Å². The molecule has 1 aromatic carbocycles. The van der Waals surface area contributed by atoms with Gasteiger partial charge in [-0.25, -0.2) is 0 Å². The average molecular weight is 331 g/mol. The Morgan fingerprint density at radius 2 is 2.00 bits per heavy atom. The number of thiophene rings is 1. The van der Waals surface area contributed by atoms with Gasteiger partial charge >= 0.3 is 0 Å². The maximum absolute atomic E-state index is 11.8. The van der Waals surface area contributed by atoms with Crippen LogP contribution in [0.2, 0.25) is 0 Å². The van der Waals surface area contributed by atoms with E-state index < -0.39 is 0 Å². The van der Waals surface area contributed by atoms with E-state index in [-0.39, 0.29) is 18.4 Å². The maximum Gasteiger partial charge on any atom is 0.265 e. The summed E-state index contributed by atoms with van der Waals surface area (Å²) in [7, 11) is 3.37. The third kappa shape index (κ3) is 5.23. The molecule has 0 fully saturated rings. The molecule has 0 saturated carbocycles. The Labute approximate surface area is 138 Å². The van der Waals surface area contributed by atoms with E-state index in [0.717, 1.165) is 4.88 Å². The minimum Gasteiger partial charge on any atom is -0.386 e. The zero-order chi connectivity index (χ0) is 16.7. The smallest absolute Gasteiger partial charge is 0.265 e. The number of anilines is 1. The molecule has 1 aromatic heterocycles. The third-order valence-corrected chi connectivity index (χ3v) is 3.62. The summed E-state index contributed by atoms with van der Waals surface area (Å²) in [6.45, 7) is -0.180. The minimum atomic E-state index is -0.319. The molecule has 0 spiro atoms. The fourth-order valence-corrected chi connectivity index (χ4v) is 2.28. The third-order valence-electron chi connectivity index (χ3n) is 2.82. The Bertz CT molecular complexity index is 679. The number of hydrogen-bond donors (Lipinski definition) is 1. The first-order chi connectivity index (χ1) is 11.1. The molecule has 0 aliphatic heterocycles. The molecule has 0 aliphatic carbocycles. The van der Waals surface area contributed by atoms with Crippen LogP contribution in [0.4, 0.5) is 5.69 Å². The first-order valence-corrected chi connectivity index (χ1v) is 7.74. The van der Waals surface area contributed by atoms with Crippen molar-refractivity contribution in [2.75, 3.05) is 26.0 Å². The van der Waals surface area contributed by atoms with E-state index in [2.05, 4.69) is 10.5 Å². The second-order valence-electron chi connectivity index (χ2n) is 4.85. The van der Waals surface area contributed by atoms with Gasteiger partial charge in [0.2, 0.25) is 0 Å². The minimum absolute atomic E-state index is 0.0888.